The van der Waals surface area contributed by atoms with Crippen molar-refractivity contribution in [3.8, 4) is 11.8 Å². The lowest BCUT2D eigenvalue weighted by atomic mass is 9.92. The maximum absolute atomic E-state index is 3.46. The highest BCUT2D eigenvalue weighted by atomic mass is 14.9. The molecule has 1 atom stereocenters. The predicted octanol–water partition coefficient (Wildman–Crippen LogP) is 2.18. The largest absolute Gasteiger partial charge is 0.303 e. The van der Waals surface area contributed by atoms with Gasteiger partial charge in [-0.15, -0.1) is 5.92 Å². The fraction of sp³-hybridized carbons (Fsp3) is 0.818. The molecule has 1 unspecified atom stereocenters. The molecule has 0 aromatic heterocycles. The molecule has 1 N–H and O–H groups in total. The fourth-order valence-corrected chi connectivity index (χ4v) is 1.89. The minimum atomic E-state index is 0.553. The Morgan fingerprint density at radius 2 is 2.25 bits per heavy atom. The molecule has 1 rings (SSSR count). The van der Waals surface area contributed by atoms with Gasteiger partial charge in [0.2, 0.25) is 0 Å². The van der Waals surface area contributed by atoms with Crippen LogP contribution in [0.4, 0.5) is 0 Å². The smallest absolute Gasteiger partial charge is 0.0578 e. The van der Waals surface area contributed by atoms with Gasteiger partial charge in [0, 0.05) is 6.04 Å². The van der Waals surface area contributed by atoms with E-state index in [1.54, 1.807) is 0 Å². The van der Waals surface area contributed by atoms with Crippen molar-refractivity contribution >= 4 is 0 Å². The van der Waals surface area contributed by atoms with Crippen LogP contribution in [-0.2, 0) is 0 Å². The zero-order chi connectivity index (χ0) is 9.03. The van der Waals surface area contributed by atoms with Crippen LogP contribution in [0, 0.1) is 17.3 Å². The second-order valence-electron chi connectivity index (χ2n) is 4.41. The molecule has 1 nitrogen and oxygen atoms in total. The van der Waals surface area contributed by atoms with Crippen LogP contribution in [0.1, 0.15) is 40.0 Å². The van der Waals surface area contributed by atoms with Crippen molar-refractivity contribution < 1.29 is 0 Å². The molecule has 0 aromatic carbocycles. The van der Waals surface area contributed by atoms with E-state index < -0.39 is 0 Å². The van der Waals surface area contributed by atoms with E-state index >= 15 is 0 Å². The van der Waals surface area contributed by atoms with E-state index in [0.29, 0.717) is 11.5 Å². The van der Waals surface area contributed by atoms with Crippen molar-refractivity contribution in [1.82, 2.24) is 5.32 Å². The van der Waals surface area contributed by atoms with E-state index in [2.05, 4.69) is 31.0 Å². The molecule has 0 aliphatic heterocycles. The maximum Gasteiger partial charge on any atom is 0.0578 e. The highest BCUT2D eigenvalue weighted by molar-refractivity contribution is 4.98. The van der Waals surface area contributed by atoms with Crippen molar-refractivity contribution in [1.29, 1.82) is 0 Å². The van der Waals surface area contributed by atoms with Crippen LogP contribution in [0.5, 0.6) is 0 Å². The third-order valence-electron chi connectivity index (χ3n) is 2.62. The van der Waals surface area contributed by atoms with Crippen LogP contribution >= 0.6 is 0 Å². The van der Waals surface area contributed by atoms with Gasteiger partial charge in [-0.3, -0.25) is 0 Å². The third-order valence-corrected chi connectivity index (χ3v) is 2.62. The van der Waals surface area contributed by atoms with Gasteiger partial charge in [-0.1, -0.05) is 19.8 Å². The molecule has 0 heterocycles. The first-order chi connectivity index (χ1) is 5.64. The summed E-state index contributed by atoms with van der Waals surface area (Å²) in [6.07, 6.45) is 3.97. The molecule has 0 aromatic rings. The van der Waals surface area contributed by atoms with Crippen molar-refractivity contribution in [3.63, 3.8) is 0 Å². The quantitative estimate of drug-likeness (QED) is 0.618. The summed E-state index contributed by atoms with van der Waals surface area (Å²) in [6, 6.07) is 0.709. The molecule has 0 saturated heterocycles. The summed E-state index contributed by atoms with van der Waals surface area (Å²) < 4.78 is 0. The molecule has 0 radical (unpaired) electrons. The van der Waals surface area contributed by atoms with Gasteiger partial charge in [-0.05, 0) is 31.6 Å². The lowest BCUT2D eigenvalue weighted by molar-refractivity contribution is 0.367. The standard InChI is InChI=1S/C11H19N/c1-4-5-8-12-10-6-7-11(2,3)9-10/h10,12H,6-9H2,1-3H3. The number of nitrogens with one attached hydrogen (secondary N) is 1. The molecule has 1 saturated carbocycles. The molecule has 1 aliphatic carbocycles. The van der Waals surface area contributed by atoms with E-state index in [4.69, 9.17) is 0 Å². The first-order valence-corrected chi connectivity index (χ1v) is 4.77. The summed E-state index contributed by atoms with van der Waals surface area (Å²) in [4.78, 5) is 0. The highest BCUT2D eigenvalue weighted by Gasteiger charge is 2.29. The second kappa shape index (κ2) is 3.96. The van der Waals surface area contributed by atoms with Gasteiger partial charge in [0.1, 0.15) is 0 Å². The molecule has 0 spiro atoms. The summed E-state index contributed by atoms with van der Waals surface area (Å²) in [5.41, 5.74) is 0.553. The molecule has 68 valence electrons. The molecule has 12 heavy (non-hydrogen) atoms. The molecule has 0 amide bonds. The van der Waals surface area contributed by atoms with E-state index in [1.807, 2.05) is 6.92 Å². The Morgan fingerprint density at radius 1 is 1.50 bits per heavy atom. The molecule has 1 aliphatic rings. The van der Waals surface area contributed by atoms with Crippen LogP contribution in [0.25, 0.3) is 0 Å². The van der Waals surface area contributed by atoms with Crippen molar-refractivity contribution in [2.75, 3.05) is 6.54 Å². The summed E-state index contributed by atoms with van der Waals surface area (Å²) in [6.45, 7) is 7.44. The Balaban J connectivity index is 2.22. The number of rotatable bonds is 2. The monoisotopic (exact) mass is 165 g/mol. The summed E-state index contributed by atoms with van der Waals surface area (Å²) in [7, 11) is 0. The second-order valence-corrected chi connectivity index (χ2v) is 4.41. The minimum absolute atomic E-state index is 0.553. The Bertz CT molecular complexity index is 195. The van der Waals surface area contributed by atoms with Crippen LogP contribution < -0.4 is 5.32 Å². The number of hydrogen-bond donors (Lipinski definition) is 1. The van der Waals surface area contributed by atoms with E-state index in [0.717, 1.165) is 6.54 Å². The Labute approximate surface area is 75.9 Å². The van der Waals surface area contributed by atoms with Crippen LogP contribution in [0.3, 0.4) is 0 Å². The average molecular weight is 165 g/mol. The van der Waals surface area contributed by atoms with E-state index in [1.165, 1.54) is 19.3 Å². The summed E-state index contributed by atoms with van der Waals surface area (Å²) >= 11 is 0. The Morgan fingerprint density at radius 3 is 2.75 bits per heavy atom. The van der Waals surface area contributed by atoms with Crippen LogP contribution in [0.15, 0.2) is 0 Å². The van der Waals surface area contributed by atoms with Crippen LogP contribution in [0.2, 0.25) is 0 Å². The van der Waals surface area contributed by atoms with Crippen molar-refractivity contribution in [3.05, 3.63) is 0 Å². The molecule has 0 bridgehead atoms. The van der Waals surface area contributed by atoms with Gasteiger partial charge < -0.3 is 5.32 Å². The molecular formula is C11H19N. The molecule has 1 fully saturated rings. The van der Waals surface area contributed by atoms with Gasteiger partial charge in [0.15, 0.2) is 0 Å². The van der Waals surface area contributed by atoms with Gasteiger partial charge in [0.05, 0.1) is 6.54 Å². The van der Waals surface area contributed by atoms with Gasteiger partial charge in [-0.25, -0.2) is 0 Å². The topological polar surface area (TPSA) is 12.0 Å². The Hall–Kier alpha value is -0.480. The predicted molar refractivity (Wildman–Crippen MR) is 52.9 cm³/mol. The third kappa shape index (κ3) is 2.87. The number of hydrogen-bond acceptors (Lipinski definition) is 1. The maximum atomic E-state index is 3.46. The lowest BCUT2D eigenvalue weighted by Crippen LogP contribution is -2.27. The zero-order valence-electron chi connectivity index (χ0n) is 8.41. The van der Waals surface area contributed by atoms with E-state index in [-0.39, 0.29) is 0 Å². The van der Waals surface area contributed by atoms with E-state index in [9.17, 15) is 0 Å². The first kappa shape index (κ1) is 9.61. The van der Waals surface area contributed by atoms with Crippen LogP contribution in [-0.4, -0.2) is 12.6 Å². The first-order valence-electron chi connectivity index (χ1n) is 4.77. The van der Waals surface area contributed by atoms with Crippen molar-refractivity contribution in [2.45, 2.75) is 46.1 Å². The lowest BCUT2D eigenvalue weighted by Gasteiger charge is -2.16. The van der Waals surface area contributed by atoms with Gasteiger partial charge in [-0.2, -0.15) is 0 Å². The minimum Gasteiger partial charge on any atom is -0.303 e. The van der Waals surface area contributed by atoms with Gasteiger partial charge in [0.25, 0.3) is 0 Å². The molecular weight excluding hydrogens is 146 g/mol. The summed E-state index contributed by atoms with van der Waals surface area (Å²) in [5, 5.41) is 3.46. The normalized spacial score (nSPS) is 26.4. The zero-order valence-corrected chi connectivity index (χ0v) is 8.41. The fourth-order valence-electron chi connectivity index (χ4n) is 1.89. The molecule has 1 heteroatoms. The average Bonchev–Trinajstić information content (AvgIpc) is 2.31. The highest BCUT2D eigenvalue weighted by Crippen LogP contribution is 2.36. The summed E-state index contributed by atoms with van der Waals surface area (Å²) in [5.74, 6) is 5.94. The van der Waals surface area contributed by atoms with Gasteiger partial charge >= 0.3 is 0 Å². The Kier molecular flexibility index (Phi) is 3.17. The SMILES string of the molecule is CC#CCNC1CCC(C)(C)C1. The van der Waals surface area contributed by atoms with Crippen molar-refractivity contribution in [2.24, 2.45) is 5.41 Å².